The zero-order chi connectivity index (χ0) is 21.0. The van der Waals surface area contributed by atoms with E-state index < -0.39 is 6.04 Å². The van der Waals surface area contributed by atoms with E-state index in [2.05, 4.69) is 0 Å². The van der Waals surface area contributed by atoms with Gasteiger partial charge in [0.25, 0.3) is 5.56 Å². The lowest BCUT2D eigenvalue weighted by Crippen LogP contribution is -2.39. The summed E-state index contributed by atoms with van der Waals surface area (Å²) < 4.78 is 1.56. The van der Waals surface area contributed by atoms with E-state index in [0.29, 0.717) is 40.4 Å². The number of carbonyl (C=O) groups excluding carboxylic acids is 1. The number of hydrogen-bond donors (Lipinski definition) is 0. The lowest BCUT2D eigenvalue weighted by molar-refractivity contribution is -0.131. The molecule has 3 aromatic rings. The van der Waals surface area contributed by atoms with E-state index in [1.54, 1.807) is 33.7 Å². The van der Waals surface area contributed by atoms with Crippen molar-refractivity contribution >= 4 is 40.0 Å². The second-order valence-corrected chi connectivity index (χ2v) is 7.46. The van der Waals surface area contributed by atoms with Crippen LogP contribution in [0, 0.1) is 0 Å². The Balaban J connectivity index is 2.33. The van der Waals surface area contributed by atoms with Gasteiger partial charge in [0, 0.05) is 11.6 Å². The number of aromatic nitrogens is 2. The van der Waals surface area contributed by atoms with Gasteiger partial charge in [-0.1, -0.05) is 43.6 Å². The number of halogens is 2. The number of rotatable bonds is 7. The third-order valence-electron chi connectivity index (χ3n) is 4.83. The fourth-order valence-electron chi connectivity index (χ4n) is 3.55. The summed E-state index contributed by atoms with van der Waals surface area (Å²) in [5.41, 5.74) is 1.02. The van der Waals surface area contributed by atoms with Gasteiger partial charge < -0.3 is 4.90 Å². The molecule has 0 radical (unpaired) electrons. The molecule has 1 atom stereocenters. The van der Waals surface area contributed by atoms with Crippen LogP contribution in [0.25, 0.3) is 16.6 Å². The summed E-state index contributed by atoms with van der Waals surface area (Å²) in [6, 6.07) is 13.9. The first-order chi connectivity index (χ1) is 14.0. The van der Waals surface area contributed by atoms with Crippen molar-refractivity contribution in [2.75, 3.05) is 12.4 Å². The molecule has 1 amide bonds. The first kappa shape index (κ1) is 21.3. The smallest absolute Gasteiger partial charge is 0.266 e. The van der Waals surface area contributed by atoms with E-state index in [-0.39, 0.29) is 17.3 Å². The van der Waals surface area contributed by atoms with E-state index >= 15 is 0 Å². The molecule has 0 saturated heterocycles. The van der Waals surface area contributed by atoms with E-state index in [1.165, 1.54) is 0 Å². The Morgan fingerprint density at radius 2 is 1.93 bits per heavy atom. The molecular formula is C22H23Cl2N3O2. The molecule has 0 spiro atoms. The number of nitrogens with zero attached hydrogens (tertiary/aromatic N) is 3. The number of benzene rings is 2. The largest absolute Gasteiger partial charge is 0.331 e. The van der Waals surface area contributed by atoms with Crippen LogP contribution in [-0.2, 0) is 4.79 Å². The van der Waals surface area contributed by atoms with Gasteiger partial charge in [-0.15, -0.1) is 11.6 Å². The van der Waals surface area contributed by atoms with Crippen molar-refractivity contribution in [2.45, 2.75) is 32.7 Å². The van der Waals surface area contributed by atoms with Crippen molar-refractivity contribution in [3.8, 4) is 5.69 Å². The Morgan fingerprint density at radius 1 is 1.17 bits per heavy atom. The number of alkyl halides is 1. The fourth-order valence-corrected chi connectivity index (χ4v) is 3.89. The third-order valence-corrected chi connectivity index (χ3v) is 5.29. The summed E-state index contributed by atoms with van der Waals surface area (Å²) in [4.78, 5) is 32.6. The first-order valence-corrected chi connectivity index (χ1v) is 10.6. The van der Waals surface area contributed by atoms with Gasteiger partial charge in [0.05, 0.1) is 22.6 Å². The molecular weight excluding hydrogens is 409 g/mol. The van der Waals surface area contributed by atoms with Gasteiger partial charge >= 0.3 is 0 Å². The molecule has 0 aliphatic heterocycles. The van der Waals surface area contributed by atoms with Crippen LogP contribution < -0.4 is 5.56 Å². The minimum atomic E-state index is -0.391. The predicted molar refractivity (Wildman–Crippen MR) is 118 cm³/mol. The highest BCUT2D eigenvalue weighted by Crippen LogP contribution is 2.27. The quantitative estimate of drug-likeness (QED) is 0.496. The average Bonchev–Trinajstić information content (AvgIpc) is 2.73. The lowest BCUT2D eigenvalue weighted by Gasteiger charge is -2.31. The zero-order valence-electron chi connectivity index (χ0n) is 16.4. The fraction of sp³-hybridized carbons (Fsp3) is 0.318. The van der Waals surface area contributed by atoms with E-state index in [0.717, 1.165) is 6.42 Å². The minimum absolute atomic E-state index is 0.120. The Labute approximate surface area is 179 Å². The van der Waals surface area contributed by atoms with Gasteiger partial charge in [-0.3, -0.25) is 14.2 Å². The maximum atomic E-state index is 13.5. The molecule has 1 unspecified atom stereocenters. The van der Waals surface area contributed by atoms with Crippen molar-refractivity contribution in [2.24, 2.45) is 0 Å². The van der Waals surface area contributed by atoms with E-state index in [1.807, 2.05) is 38.1 Å². The van der Waals surface area contributed by atoms with Crippen LogP contribution in [0.2, 0.25) is 5.02 Å². The summed E-state index contributed by atoms with van der Waals surface area (Å²) >= 11 is 12.1. The molecule has 3 rings (SSSR count). The number of fused-ring (bicyclic) bond motifs is 1. The second kappa shape index (κ2) is 9.42. The Kier molecular flexibility index (Phi) is 6.93. The zero-order valence-corrected chi connectivity index (χ0v) is 18.0. The molecule has 5 nitrogen and oxygen atoms in total. The first-order valence-electron chi connectivity index (χ1n) is 9.64. The maximum absolute atomic E-state index is 13.5. The molecule has 0 saturated carbocycles. The monoisotopic (exact) mass is 431 g/mol. The average molecular weight is 432 g/mol. The predicted octanol–water partition coefficient (Wildman–Crippen LogP) is 4.97. The summed E-state index contributed by atoms with van der Waals surface area (Å²) in [7, 11) is 0. The Morgan fingerprint density at radius 3 is 2.59 bits per heavy atom. The maximum Gasteiger partial charge on any atom is 0.266 e. The summed E-state index contributed by atoms with van der Waals surface area (Å²) in [5, 5.41) is 1.03. The Hall–Kier alpha value is -2.37. The molecule has 7 heteroatoms. The lowest BCUT2D eigenvalue weighted by atomic mass is 10.1. The van der Waals surface area contributed by atoms with Gasteiger partial charge in [-0.05, 0) is 43.2 Å². The number of para-hydroxylation sites is 1. The van der Waals surface area contributed by atoms with Gasteiger partial charge in [0.1, 0.15) is 11.7 Å². The van der Waals surface area contributed by atoms with E-state index in [9.17, 15) is 9.59 Å². The number of hydrogen-bond acceptors (Lipinski definition) is 3. The van der Waals surface area contributed by atoms with Crippen molar-refractivity contribution < 1.29 is 4.79 Å². The summed E-state index contributed by atoms with van der Waals surface area (Å²) in [6.45, 7) is 4.50. The second-order valence-electron chi connectivity index (χ2n) is 6.75. The van der Waals surface area contributed by atoms with Crippen LogP contribution in [0.5, 0.6) is 0 Å². The molecule has 1 heterocycles. The molecule has 152 valence electrons. The van der Waals surface area contributed by atoms with Crippen LogP contribution in [0.4, 0.5) is 0 Å². The van der Waals surface area contributed by atoms with Gasteiger partial charge in [-0.25, -0.2) is 4.98 Å². The van der Waals surface area contributed by atoms with Crippen LogP contribution in [-0.4, -0.2) is 32.8 Å². The van der Waals surface area contributed by atoms with Gasteiger partial charge in [-0.2, -0.15) is 0 Å². The summed E-state index contributed by atoms with van der Waals surface area (Å²) in [5.74, 6) is 0.205. The number of amides is 1. The standard InChI is InChI=1S/C22H23Cl2N3O2/c1-3-12-26(20(28)14-23)19(4-2)21-25-18-11-6-5-10-17(18)22(29)27(21)16-9-7-8-15(24)13-16/h5-11,13,19H,3-4,12,14H2,1-2H3. The highest BCUT2D eigenvalue weighted by atomic mass is 35.5. The molecule has 0 fully saturated rings. The topological polar surface area (TPSA) is 55.2 Å². The molecule has 0 aliphatic rings. The van der Waals surface area contributed by atoms with Crippen LogP contribution >= 0.6 is 23.2 Å². The van der Waals surface area contributed by atoms with Crippen molar-refractivity contribution in [1.29, 1.82) is 0 Å². The summed E-state index contributed by atoms with van der Waals surface area (Å²) in [6.07, 6.45) is 1.36. The van der Waals surface area contributed by atoms with E-state index in [4.69, 9.17) is 28.2 Å². The highest BCUT2D eigenvalue weighted by molar-refractivity contribution is 6.30. The number of carbonyl (C=O) groups is 1. The Bertz CT molecular complexity index is 1080. The normalized spacial score (nSPS) is 12.1. The van der Waals surface area contributed by atoms with Gasteiger partial charge in [0.2, 0.25) is 5.91 Å². The third kappa shape index (κ3) is 4.31. The van der Waals surface area contributed by atoms with Crippen LogP contribution in [0.1, 0.15) is 38.6 Å². The molecule has 0 bridgehead atoms. The van der Waals surface area contributed by atoms with Crippen LogP contribution in [0.15, 0.2) is 53.3 Å². The van der Waals surface area contributed by atoms with Crippen molar-refractivity contribution in [3.05, 3.63) is 69.7 Å². The van der Waals surface area contributed by atoms with Crippen molar-refractivity contribution in [1.82, 2.24) is 14.5 Å². The molecule has 1 aromatic heterocycles. The highest BCUT2D eigenvalue weighted by Gasteiger charge is 2.28. The molecule has 0 N–H and O–H groups in total. The molecule has 0 aliphatic carbocycles. The van der Waals surface area contributed by atoms with Crippen molar-refractivity contribution in [3.63, 3.8) is 0 Å². The SMILES string of the molecule is CCCN(C(=O)CCl)C(CC)c1nc2ccccc2c(=O)n1-c1cccc(Cl)c1. The van der Waals surface area contributed by atoms with Crippen LogP contribution in [0.3, 0.4) is 0 Å². The molecule has 29 heavy (non-hydrogen) atoms. The molecule has 2 aromatic carbocycles. The van der Waals surface area contributed by atoms with Gasteiger partial charge in [0.15, 0.2) is 0 Å². The minimum Gasteiger partial charge on any atom is -0.331 e.